The van der Waals surface area contributed by atoms with Crippen LogP contribution in [0.4, 0.5) is 0 Å². The second-order valence-corrected chi connectivity index (χ2v) is 12.6. The van der Waals surface area contributed by atoms with Crippen LogP contribution in [0.15, 0.2) is 154 Å². The third kappa shape index (κ3) is 4.88. The molecule has 51 heavy (non-hydrogen) atoms. The molecule has 7 aromatic carbocycles. The first-order valence-corrected chi connectivity index (χ1v) is 16.7. The first kappa shape index (κ1) is 29.3. The van der Waals surface area contributed by atoms with E-state index in [0.29, 0.717) is 50.8 Å². The SMILES string of the molecule is OB(O)c1cc(-c2ccc3ccccc3c2)cc(-c2nc(-c3cccc4c3oc3ccccc34)nc(-c3cccc4c3oc3ccccc34)n2)c1. The van der Waals surface area contributed by atoms with Gasteiger partial charge in [0, 0.05) is 27.1 Å². The molecule has 0 saturated carbocycles. The summed E-state index contributed by atoms with van der Waals surface area (Å²) in [6, 6.07) is 47.6. The molecular weight excluding hydrogens is 633 g/mol. The van der Waals surface area contributed by atoms with Gasteiger partial charge in [-0.2, -0.15) is 0 Å². The quantitative estimate of drug-likeness (QED) is 0.178. The lowest BCUT2D eigenvalue weighted by atomic mass is 9.78. The Morgan fingerprint density at radius 3 is 1.57 bits per heavy atom. The van der Waals surface area contributed by atoms with Crippen LogP contribution in [0.3, 0.4) is 0 Å². The predicted octanol–water partition coefficient (Wildman–Crippen LogP) is 9.17. The highest BCUT2D eigenvalue weighted by Crippen LogP contribution is 2.38. The topological polar surface area (TPSA) is 105 Å². The van der Waals surface area contributed by atoms with Gasteiger partial charge in [-0.25, -0.2) is 15.0 Å². The smallest absolute Gasteiger partial charge is 0.455 e. The van der Waals surface area contributed by atoms with E-state index in [0.717, 1.165) is 54.6 Å². The van der Waals surface area contributed by atoms with Crippen LogP contribution >= 0.6 is 0 Å². The van der Waals surface area contributed by atoms with E-state index in [1.807, 2.05) is 109 Å². The van der Waals surface area contributed by atoms with Crippen molar-refractivity contribution in [1.29, 1.82) is 0 Å². The van der Waals surface area contributed by atoms with Crippen molar-refractivity contribution >= 4 is 67.2 Å². The highest BCUT2D eigenvalue weighted by Gasteiger charge is 2.22. The first-order valence-electron chi connectivity index (χ1n) is 16.7. The molecular formula is C43H26BN3O4. The summed E-state index contributed by atoms with van der Waals surface area (Å²) in [6.45, 7) is 0. The van der Waals surface area contributed by atoms with Gasteiger partial charge in [0.1, 0.15) is 22.3 Å². The van der Waals surface area contributed by atoms with Gasteiger partial charge in [0.25, 0.3) is 0 Å². The van der Waals surface area contributed by atoms with Gasteiger partial charge in [-0.3, -0.25) is 0 Å². The van der Waals surface area contributed by atoms with Crippen LogP contribution < -0.4 is 5.46 Å². The molecule has 0 spiro atoms. The molecule has 0 aliphatic heterocycles. The van der Waals surface area contributed by atoms with Crippen molar-refractivity contribution < 1.29 is 18.9 Å². The summed E-state index contributed by atoms with van der Waals surface area (Å²) < 4.78 is 12.8. The van der Waals surface area contributed by atoms with Crippen LogP contribution in [0.1, 0.15) is 0 Å². The zero-order chi connectivity index (χ0) is 34.1. The van der Waals surface area contributed by atoms with Crippen LogP contribution in [0.5, 0.6) is 0 Å². The van der Waals surface area contributed by atoms with Crippen LogP contribution in [0, 0.1) is 0 Å². The molecule has 7 nitrogen and oxygen atoms in total. The Kier molecular flexibility index (Phi) is 6.61. The van der Waals surface area contributed by atoms with Crippen molar-refractivity contribution in [2.24, 2.45) is 0 Å². The molecule has 0 aliphatic carbocycles. The summed E-state index contributed by atoms with van der Waals surface area (Å²) in [4.78, 5) is 15.2. The molecule has 3 aromatic heterocycles. The van der Waals surface area contributed by atoms with Crippen molar-refractivity contribution in [3.05, 3.63) is 146 Å². The number of fused-ring (bicyclic) bond motifs is 7. The summed E-state index contributed by atoms with van der Waals surface area (Å²) in [5.41, 5.74) is 6.92. The lowest BCUT2D eigenvalue weighted by molar-refractivity contribution is 0.426. The van der Waals surface area contributed by atoms with Gasteiger partial charge in [0.2, 0.25) is 0 Å². The van der Waals surface area contributed by atoms with E-state index in [4.69, 9.17) is 23.8 Å². The maximum Gasteiger partial charge on any atom is 0.488 e. The first-order chi connectivity index (χ1) is 25.1. The number of nitrogens with zero attached hydrogens (tertiary/aromatic N) is 3. The highest BCUT2D eigenvalue weighted by molar-refractivity contribution is 6.58. The number of furan rings is 2. The van der Waals surface area contributed by atoms with Crippen molar-refractivity contribution in [1.82, 2.24) is 15.0 Å². The molecule has 2 N–H and O–H groups in total. The molecule has 0 fully saturated rings. The number of benzene rings is 7. The molecule has 8 heteroatoms. The zero-order valence-electron chi connectivity index (χ0n) is 27.0. The minimum absolute atomic E-state index is 0.318. The Labute approximate surface area is 291 Å². The Balaban J connectivity index is 1.24. The molecule has 0 atom stereocenters. The van der Waals surface area contributed by atoms with Gasteiger partial charge in [-0.1, -0.05) is 109 Å². The van der Waals surface area contributed by atoms with Crippen LogP contribution in [0.2, 0.25) is 0 Å². The average molecular weight is 660 g/mol. The number of rotatable bonds is 5. The van der Waals surface area contributed by atoms with Crippen LogP contribution in [0.25, 0.3) is 99.9 Å². The van der Waals surface area contributed by atoms with E-state index in [-0.39, 0.29) is 0 Å². The van der Waals surface area contributed by atoms with Gasteiger partial charge >= 0.3 is 7.12 Å². The Hall–Kier alpha value is -6.61. The van der Waals surface area contributed by atoms with Crippen molar-refractivity contribution in [3.63, 3.8) is 0 Å². The van der Waals surface area contributed by atoms with Gasteiger partial charge in [0.05, 0.1) is 11.1 Å². The van der Waals surface area contributed by atoms with Gasteiger partial charge in [-0.05, 0) is 63.8 Å². The summed E-state index contributed by atoms with van der Waals surface area (Å²) in [6.07, 6.45) is 0. The number of aromatic nitrogens is 3. The van der Waals surface area contributed by atoms with Gasteiger partial charge in [-0.15, -0.1) is 0 Å². The number of hydrogen-bond donors (Lipinski definition) is 2. The lowest BCUT2D eigenvalue weighted by Gasteiger charge is -2.12. The maximum atomic E-state index is 10.5. The van der Waals surface area contributed by atoms with Crippen molar-refractivity contribution in [3.8, 4) is 45.3 Å². The molecule has 10 rings (SSSR count). The minimum Gasteiger partial charge on any atom is -0.455 e. The summed E-state index contributed by atoms with van der Waals surface area (Å²) >= 11 is 0. The molecule has 0 amide bonds. The van der Waals surface area contributed by atoms with E-state index in [1.165, 1.54) is 0 Å². The van der Waals surface area contributed by atoms with Crippen LogP contribution in [-0.2, 0) is 0 Å². The lowest BCUT2D eigenvalue weighted by Crippen LogP contribution is -2.30. The van der Waals surface area contributed by atoms with Gasteiger partial charge < -0.3 is 18.9 Å². The van der Waals surface area contributed by atoms with E-state index >= 15 is 0 Å². The molecule has 3 heterocycles. The molecule has 0 unspecified atom stereocenters. The fraction of sp³-hybridized carbons (Fsp3) is 0. The monoisotopic (exact) mass is 659 g/mol. The number of para-hydroxylation sites is 4. The van der Waals surface area contributed by atoms with Gasteiger partial charge in [0.15, 0.2) is 17.5 Å². The number of hydrogen-bond acceptors (Lipinski definition) is 7. The second kappa shape index (κ2) is 11.5. The average Bonchev–Trinajstić information content (AvgIpc) is 3.76. The van der Waals surface area contributed by atoms with Crippen LogP contribution in [-0.4, -0.2) is 32.1 Å². The van der Waals surface area contributed by atoms with E-state index in [1.54, 1.807) is 12.1 Å². The Bertz CT molecular complexity index is 2850. The normalized spacial score (nSPS) is 11.7. The summed E-state index contributed by atoms with van der Waals surface area (Å²) in [7, 11) is -1.71. The molecule has 0 radical (unpaired) electrons. The standard InChI is InChI=1S/C43H26BN3O4/c48-44(49)30-23-28(27-20-19-25-9-1-2-10-26(25)21-27)22-29(24-30)41-45-42(35-15-7-13-33-31-11-3-5-17-37(31)50-39(33)35)47-43(46-41)36-16-8-14-34-32-12-4-6-18-38(32)51-40(34)36/h1-24,48-49H. The summed E-state index contributed by atoms with van der Waals surface area (Å²) in [5, 5.41) is 27.0. The molecule has 0 saturated heterocycles. The molecule has 240 valence electrons. The Morgan fingerprint density at radius 1 is 0.412 bits per heavy atom. The third-order valence-corrected chi connectivity index (χ3v) is 9.52. The second-order valence-electron chi connectivity index (χ2n) is 12.6. The Morgan fingerprint density at radius 2 is 0.941 bits per heavy atom. The van der Waals surface area contributed by atoms with E-state index < -0.39 is 7.12 Å². The predicted molar refractivity (Wildman–Crippen MR) is 203 cm³/mol. The molecule has 0 aliphatic rings. The van der Waals surface area contributed by atoms with Crippen molar-refractivity contribution in [2.75, 3.05) is 0 Å². The summed E-state index contributed by atoms with van der Waals surface area (Å²) in [5.74, 6) is 1.19. The van der Waals surface area contributed by atoms with E-state index in [2.05, 4.69) is 24.3 Å². The largest absolute Gasteiger partial charge is 0.488 e. The van der Waals surface area contributed by atoms with E-state index in [9.17, 15) is 10.0 Å². The fourth-order valence-electron chi connectivity index (χ4n) is 7.06. The highest BCUT2D eigenvalue weighted by atomic mass is 16.4. The third-order valence-electron chi connectivity index (χ3n) is 9.52. The fourth-order valence-corrected chi connectivity index (χ4v) is 7.06. The molecule has 0 bridgehead atoms. The maximum absolute atomic E-state index is 10.5. The minimum atomic E-state index is -1.71. The van der Waals surface area contributed by atoms with Crippen molar-refractivity contribution in [2.45, 2.75) is 0 Å². The zero-order valence-corrected chi connectivity index (χ0v) is 27.0. The molecule has 10 aromatic rings.